The molecule has 0 fully saturated rings. The predicted octanol–water partition coefficient (Wildman–Crippen LogP) is 3.32. The van der Waals surface area contributed by atoms with Gasteiger partial charge in [0.25, 0.3) is 0 Å². The molecule has 27 heavy (non-hydrogen) atoms. The maximum absolute atomic E-state index is 13.3. The molecule has 0 bridgehead atoms. The number of carbonyl (C=O) groups is 1. The summed E-state index contributed by atoms with van der Waals surface area (Å²) in [6.07, 6.45) is -0.800. The van der Waals surface area contributed by atoms with E-state index in [1.807, 2.05) is 6.92 Å². The predicted molar refractivity (Wildman–Crippen MR) is 101 cm³/mol. The number of nitrogens with zero attached hydrogens (tertiary/aromatic N) is 1. The van der Waals surface area contributed by atoms with Crippen molar-refractivity contribution in [2.45, 2.75) is 31.4 Å². The molecule has 1 aliphatic heterocycles. The van der Waals surface area contributed by atoms with Gasteiger partial charge in [-0.1, -0.05) is 17.7 Å². The quantitative estimate of drug-likeness (QED) is 0.784. The maximum atomic E-state index is 13.3. The van der Waals surface area contributed by atoms with E-state index in [0.717, 1.165) is 5.56 Å². The molecule has 0 saturated heterocycles. The molecule has 1 unspecified atom stereocenters. The van der Waals surface area contributed by atoms with Gasteiger partial charge >= 0.3 is 0 Å². The van der Waals surface area contributed by atoms with Crippen LogP contribution in [0.15, 0.2) is 47.4 Å². The van der Waals surface area contributed by atoms with E-state index in [9.17, 15) is 13.2 Å². The van der Waals surface area contributed by atoms with Crippen LogP contribution in [0.4, 0.5) is 0 Å². The van der Waals surface area contributed by atoms with E-state index in [4.69, 9.17) is 9.47 Å². The van der Waals surface area contributed by atoms with Crippen molar-refractivity contribution in [3.05, 3.63) is 59.2 Å². The highest BCUT2D eigenvalue weighted by Gasteiger charge is 2.38. The molecule has 0 spiro atoms. The van der Waals surface area contributed by atoms with Crippen LogP contribution in [-0.2, 0) is 14.8 Å². The zero-order valence-corrected chi connectivity index (χ0v) is 16.5. The van der Waals surface area contributed by atoms with Gasteiger partial charge in [0.15, 0.2) is 12.0 Å². The van der Waals surface area contributed by atoms with Crippen molar-refractivity contribution >= 4 is 15.8 Å². The number of methoxy groups -OCH3 is 1. The van der Waals surface area contributed by atoms with Crippen LogP contribution in [0.1, 0.15) is 41.1 Å². The molecule has 0 saturated carbocycles. The molecule has 0 aliphatic carbocycles. The van der Waals surface area contributed by atoms with Crippen LogP contribution in [0.2, 0.25) is 0 Å². The van der Waals surface area contributed by atoms with Crippen molar-refractivity contribution in [1.82, 2.24) is 4.31 Å². The second-order valence-electron chi connectivity index (χ2n) is 6.36. The summed E-state index contributed by atoms with van der Waals surface area (Å²) in [6.45, 7) is 4.04. The van der Waals surface area contributed by atoms with Gasteiger partial charge in [0.05, 0.1) is 12.0 Å². The molecule has 1 heterocycles. The van der Waals surface area contributed by atoms with E-state index in [-0.39, 0.29) is 23.6 Å². The lowest BCUT2D eigenvalue weighted by molar-refractivity contribution is -0.0133. The van der Waals surface area contributed by atoms with Crippen LogP contribution in [0.5, 0.6) is 5.75 Å². The van der Waals surface area contributed by atoms with Crippen LogP contribution in [0.25, 0.3) is 0 Å². The standard InChI is InChI=1S/C20H23NO5S/c1-4-26-20-18-13-15(25-3)7-10-17(18)19(22)11-12-21(20)27(23,24)16-8-5-14(2)6-9-16/h5-10,13,20H,4,11-12H2,1-3H3. The Morgan fingerprint density at radius 3 is 2.48 bits per heavy atom. The van der Waals surface area contributed by atoms with Gasteiger partial charge in [-0.2, -0.15) is 4.31 Å². The third-order valence-corrected chi connectivity index (χ3v) is 6.46. The minimum atomic E-state index is -3.84. The molecule has 2 aromatic carbocycles. The van der Waals surface area contributed by atoms with Gasteiger partial charge in [0.2, 0.25) is 10.0 Å². The summed E-state index contributed by atoms with van der Waals surface area (Å²) in [5.74, 6) is 0.430. The van der Waals surface area contributed by atoms with E-state index >= 15 is 0 Å². The monoisotopic (exact) mass is 389 g/mol. The average Bonchev–Trinajstić information content (AvgIpc) is 2.79. The highest BCUT2D eigenvalue weighted by Crippen LogP contribution is 2.36. The van der Waals surface area contributed by atoms with Gasteiger partial charge in [-0.05, 0) is 44.2 Å². The molecule has 0 amide bonds. The molecule has 1 atom stereocenters. The zero-order valence-electron chi connectivity index (χ0n) is 15.6. The number of hydrogen-bond donors (Lipinski definition) is 0. The lowest BCUT2D eigenvalue weighted by Gasteiger charge is -2.29. The van der Waals surface area contributed by atoms with Gasteiger partial charge in [-0.15, -0.1) is 0 Å². The molecule has 0 N–H and O–H groups in total. The normalized spacial score (nSPS) is 18.0. The number of benzene rings is 2. The summed E-state index contributed by atoms with van der Waals surface area (Å²) >= 11 is 0. The van der Waals surface area contributed by atoms with Crippen LogP contribution < -0.4 is 4.74 Å². The Bertz CT molecular complexity index is 937. The summed E-state index contributed by atoms with van der Waals surface area (Å²) in [5, 5.41) is 0. The fourth-order valence-corrected chi connectivity index (χ4v) is 4.68. The topological polar surface area (TPSA) is 72.9 Å². The number of sulfonamides is 1. The SMILES string of the molecule is CCOC1c2cc(OC)ccc2C(=O)CCN1S(=O)(=O)c1ccc(C)cc1. The van der Waals surface area contributed by atoms with Crippen molar-refractivity contribution in [2.75, 3.05) is 20.3 Å². The van der Waals surface area contributed by atoms with E-state index in [2.05, 4.69) is 0 Å². The van der Waals surface area contributed by atoms with E-state index < -0.39 is 16.3 Å². The first-order valence-corrected chi connectivity index (χ1v) is 10.2. The fourth-order valence-electron chi connectivity index (χ4n) is 3.17. The molecule has 7 heteroatoms. The number of ether oxygens (including phenoxy) is 2. The summed E-state index contributed by atoms with van der Waals surface area (Å²) in [7, 11) is -2.32. The van der Waals surface area contributed by atoms with Crippen molar-refractivity contribution in [2.24, 2.45) is 0 Å². The van der Waals surface area contributed by atoms with Gasteiger partial charge in [-0.25, -0.2) is 8.42 Å². The second kappa shape index (κ2) is 7.80. The number of aryl methyl sites for hydroxylation is 1. The Morgan fingerprint density at radius 2 is 1.85 bits per heavy atom. The number of ketones is 1. The number of carbonyl (C=O) groups excluding carboxylic acids is 1. The Morgan fingerprint density at radius 1 is 1.15 bits per heavy atom. The molecular weight excluding hydrogens is 366 g/mol. The third kappa shape index (κ3) is 3.76. The van der Waals surface area contributed by atoms with Crippen molar-refractivity contribution in [1.29, 1.82) is 0 Å². The van der Waals surface area contributed by atoms with Gasteiger partial charge < -0.3 is 9.47 Å². The Kier molecular flexibility index (Phi) is 5.64. The van der Waals surface area contributed by atoms with Crippen LogP contribution in [0, 0.1) is 6.92 Å². The number of fused-ring (bicyclic) bond motifs is 1. The number of Topliss-reactive ketones (excluding diaryl/α,β-unsaturated/α-hetero) is 1. The molecule has 144 valence electrons. The maximum Gasteiger partial charge on any atom is 0.245 e. The Labute approximate surface area is 159 Å². The van der Waals surface area contributed by atoms with Gasteiger partial charge in [-0.3, -0.25) is 4.79 Å². The van der Waals surface area contributed by atoms with E-state index in [1.165, 1.54) is 11.4 Å². The van der Waals surface area contributed by atoms with Crippen LogP contribution in [0.3, 0.4) is 0 Å². The third-order valence-electron chi connectivity index (χ3n) is 4.60. The van der Waals surface area contributed by atoms with Crippen LogP contribution in [-0.4, -0.2) is 38.8 Å². The van der Waals surface area contributed by atoms with Crippen molar-refractivity contribution in [3.8, 4) is 5.75 Å². The minimum absolute atomic E-state index is 0.0523. The van der Waals surface area contributed by atoms with Gasteiger partial charge in [0, 0.05) is 30.7 Å². The fraction of sp³-hybridized carbons (Fsp3) is 0.350. The first kappa shape index (κ1) is 19.5. The summed E-state index contributed by atoms with van der Waals surface area (Å²) in [6, 6.07) is 11.7. The highest BCUT2D eigenvalue weighted by atomic mass is 32.2. The lowest BCUT2D eigenvalue weighted by atomic mass is 10.0. The van der Waals surface area contributed by atoms with E-state index in [0.29, 0.717) is 23.5 Å². The largest absolute Gasteiger partial charge is 0.497 e. The molecule has 6 nitrogen and oxygen atoms in total. The number of hydrogen-bond acceptors (Lipinski definition) is 5. The average molecular weight is 389 g/mol. The molecule has 2 aromatic rings. The minimum Gasteiger partial charge on any atom is -0.497 e. The number of rotatable bonds is 5. The molecule has 0 aromatic heterocycles. The lowest BCUT2D eigenvalue weighted by Crippen LogP contribution is -2.36. The summed E-state index contributed by atoms with van der Waals surface area (Å²) in [4.78, 5) is 12.8. The summed E-state index contributed by atoms with van der Waals surface area (Å²) < 4.78 is 39.0. The van der Waals surface area contributed by atoms with E-state index in [1.54, 1.807) is 49.4 Å². The van der Waals surface area contributed by atoms with Crippen molar-refractivity contribution < 1.29 is 22.7 Å². The van der Waals surface area contributed by atoms with Gasteiger partial charge in [0.1, 0.15) is 5.75 Å². The molecular formula is C20H23NO5S. The Balaban J connectivity index is 2.14. The molecule has 3 rings (SSSR count). The Hall–Kier alpha value is -2.22. The first-order chi connectivity index (χ1) is 12.9. The van der Waals surface area contributed by atoms with Crippen molar-refractivity contribution in [3.63, 3.8) is 0 Å². The summed E-state index contributed by atoms with van der Waals surface area (Å²) in [5.41, 5.74) is 1.95. The molecule has 1 aliphatic rings. The smallest absolute Gasteiger partial charge is 0.245 e. The first-order valence-electron chi connectivity index (χ1n) is 8.79. The van der Waals surface area contributed by atoms with Crippen LogP contribution >= 0.6 is 0 Å². The zero-order chi connectivity index (χ0) is 19.6. The molecule has 0 radical (unpaired) electrons. The second-order valence-corrected chi connectivity index (χ2v) is 8.25. The highest BCUT2D eigenvalue weighted by molar-refractivity contribution is 7.89.